The first-order valence-electron chi connectivity index (χ1n) is 9.97. The van der Waals surface area contributed by atoms with Crippen molar-refractivity contribution >= 4 is 17.5 Å². The van der Waals surface area contributed by atoms with Gasteiger partial charge in [-0.2, -0.15) is 10.1 Å². The van der Waals surface area contributed by atoms with Gasteiger partial charge in [-0.15, -0.1) is 0 Å². The fraction of sp³-hybridized carbons (Fsp3) is 0.227. The number of ether oxygens (including phenoxy) is 1. The first kappa shape index (κ1) is 21.5. The smallest absolute Gasteiger partial charge is 0.251 e. The average molecular weight is 453 g/mol. The summed E-state index contributed by atoms with van der Waals surface area (Å²) in [6, 6.07) is 13.9. The molecule has 32 heavy (non-hydrogen) atoms. The van der Waals surface area contributed by atoms with Gasteiger partial charge < -0.3 is 14.6 Å². The number of amides is 1. The van der Waals surface area contributed by atoms with Crippen LogP contribution in [0.25, 0.3) is 11.6 Å². The number of rotatable bonds is 8. The Morgan fingerprint density at radius 3 is 2.56 bits per heavy atom. The van der Waals surface area contributed by atoms with E-state index in [0.29, 0.717) is 34.7 Å². The predicted molar refractivity (Wildman–Crippen MR) is 117 cm³/mol. The van der Waals surface area contributed by atoms with Crippen LogP contribution in [-0.2, 0) is 6.61 Å². The van der Waals surface area contributed by atoms with E-state index in [0.717, 1.165) is 5.56 Å². The number of hydrogen-bond acceptors (Lipinski definition) is 7. The van der Waals surface area contributed by atoms with Crippen LogP contribution in [0.2, 0.25) is 5.02 Å². The number of benzene rings is 2. The first-order valence-corrected chi connectivity index (χ1v) is 10.3. The fourth-order valence-electron chi connectivity index (χ4n) is 2.96. The van der Waals surface area contributed by atoms with E-state index >= 15 is 0 Å². The Bertz CT molecular complexity index is 1160. The first-order chi connectivity index (χ1) is 15.5. The van der Waals surface area contributed by atoms with Crippen molar-refractivity contribution < 1.29 is 14.1 Å². The van der Waals surface area contributed by atoms with Crippen molar-refractivity contribution in [3.63, 3.8) is 0 Å². The van der Waals surface area contributed by atoms with Crippen molar-refractivity contribution in [1.29, 1.82) is 0 Å². The molecule has 164 valence electrons. The highest BCUT2D eigenvalue weighted by atomic mass is 35.5. The van der Waals surface area contributed by atoms with Crippen LogP contribution in [0.4, 0.5) is 0 Å². The summed E-state index contributed by atoms with van der Waals surface area (Å²) in [5.74, 6) is 1.38. The summed E-state index contributed by atoms with van der Waals surface area (Å²) in [4.78, 5) is 21.1. The van der Waals surface area contributed by atoms with Gasteiger partial charge in [0.25, 0.3) is 5.91 Å². The maximum atomic E-state index is 12.8. The van der Waals surface area contributed by atoms with Crippen molar-refractivity contribution in [2.24, 2.45) is 5.92 Å². The van der Waals surface area contributed by atoms with Crippen LogP contribution in [0.15, 0.2) is 59.4 Å². The highest BCUT2D eigenvalue weighted by molar-refractivity contribution is 6.30. The number of aromatic nitrogens is 5. The molecule has 2 heterocycles. The molecule has 0 fully saturated rings. The van der Waals surface area contributed by atoms with Crippen LogP contribution in [0.1, 0.15) is 41.7 Å². The van der Waals surface area contributed by atoms with E-state index < -0.39 is 6.04 Å². The molecule has 2 aromatic heterocycles. The molecule has 2 N–H and O–H groups in total. The lowest BCUT2D eigenvalue weighted by molar-refractivity contribution is 0.0914. The van der Waals surface area contributed by atoms with Gasteiger partial charge in [-0.1, -0.05) is 42.7 Å². The lowest BCUT2D eigenvalue weighted by atomic mass is 10.0. The number of nitrogens with one attached hydrogen (secondary N) is 2. The Balaban J connectivity index is 1.39. The summed E-state index contributed by atoms with van der Waals surface area (Å²) < 4.78 is 11.1. The molecule has 0 spiro atoms. The van der Waals surface area contributed by atoms with Gasteiger partial charge in [-0.05, 0) is 47.9 Å². The molecule has 10 heteroatoms. The molecule has 0 saturated heterocycles. The number of H-pyrrole nitrogens is 1. The normalized spacial score (nSPS) is 12.0. The van der Waals surface area contributed by atoms with Crippen LogP contribution in [-0.4, -0.2) is 31.2 Å². The van der Waals surface area contributed by atoms with Crippen molar-refractivity contribution in [3.8, 4) is 17.4 Å². The van der Waals surface area contributed by atoms with Gasteiger partial charge in [0.2, 0.25) is 11.7 Å². The van der Waals surface area contributed by atoms with E-state index in [9.17, 15) is 4.79 Å². The Morgan fingerprint density at radius 1 is 1.16 bits per heavy atom. The molecule has 0 unspecified atom stereocenters. The number of carbonyl (C=O) groups excluding carboxylic acids is 1. The van der Waals surface area contributed by atoms with Crippen LogP contribution in [0.5, 0.6) is 5.75 Å². The van der Waals surface area contributed by atoms with E-state index in [-0.39, 0.29) is 17.6 Å². The minimum Gasteiger partial charge on any atom is -0.489 e. The topological polar surface area (TPSA) is 119 Å². The van der Waals surface area contributed by atoms with Gasteiger partial charge in [0, 0.05) is 10.6 Å². The summed E-state index contributed by atoms with van der Waals surface area (Å²) >= 11 is 5.90. The zero-order valence-corrected chi connectivity index (χ0v) is 18.2. The summed E-state index contributed by atoms with van der Waals surface area (Å²) in [5.41, 5.74) is 1.49. The van der Waals surface area contributed by atoms with Crippen LogP contribution in [0.3, 0.4) is 0 Å². The van der Waals surface area contributed by atoms with Gasteiger partial charge >= 0.3 is 0 Å². The zero-order chi connectivity index (χ0) is 22.5. The van der Waals surface area contributed by atoms with E-state index in [1.54, 1.807) is 24.3 Å². The third-order valence-corrected chi connectivity index (χ3v) is 4.98. The highest BCUT2D eigenvalue weighted by Gasteiger charge is 2.26. The lowest BCUT2D eigenvalue weighted by Gasteiger charge is -2.18. The van der Waals surface area contributed by atoms with E-state index in [4.69, 9.17) is 20.9 Å². The van der Waals surface area contributed by atoms with Gasteiger partial charge in [-0.25, -0.2) is 4.98 Å². The number of aromatic amines is 1. The summed E-state index contributed by atoms with van der Waals surface area (Å²) in [7, 11) is 0. The Kier molecular flexibility index (Phi) is 6.46. The van der Waals surface area contributed by atoms with Crippen molar-refractivity contribution in [2.75, 3.05) is 0 Å². The monoisotopic (exact) mass is 452 g/mol. The molecule has 0 saturated carbocycles. The fourth-order valence-corrected chi connectivity index (χ4v) is 3.08. The largest absolute Gasteiger partial charge is 0.489 e. The Hall–Kier alpha value is -3.72. The lowest BCUT2D eigenvalue weighted by Crippen LogP contribution is -2.32. The van der Waals surface area contributed by atoms with Crippen LogP contribution in [0, 0.1) is 5.92 Å². The zero-order valence-electron chi connectivity index (χ0n) is 17.4. The highest BCUT2D eigenvalue weighted by Crippen LogP contribution is 2.23. The molecule has 4 rings (SSSR count). The molecule has 0 aliphatic carbocycles. The standard InChI is InChI=1S/C22H21ClN6O3/c1-13(2)18(22-27-20(29-32-22)19-24-12-25-28-19)26-21(30)15-5-9-17(10-6-15)31-11-14-3-7-16(23)8-4-14/h3-10,12-13,18H,11H2,1-2H3,(H,26,30)(H,24,25,28)/t18-/m1/s1. The molecule has 9 nitrogen and oxygen atoms in total. The summed E-state index contributed by atoms with van der Waals surface area (Å²) in [5, 5.41) is 14.0. The van der Waals surface area contributed by atoms with Crippen molar-refractivity contribution in [2.45, 2.75) is 26.5 Å². The molecule has 0 aliphatic rings. The maximum Gasteiger partial charge on any atom is 0.251 e. The number of hydrogen-bond donors (Lipinski definition) is 2. The second-order valence-electron chi connectivity index (χ2n) is 7.42. The molecule has 0 radical (unpaired) electrons. The molecule has 1 amide bonds. The van der Waals surface area contributed by atoms with Crippen molar-refractivity contribution in [3.05, 3.63) is 76.9 Å². The molecular weight excluding hydrogens is 432 g/mol. The van der Waals surface area contributed by atoms with Crippen LogP contribution >= 0.6 is 11.6 Å². The predicted octanol–water partition coefficient (Wildman–Crippen LogP) is 4.21. The second kappa shape index (κ2) is 9.61. The van der Waals surface area contributed by atoms with Gasteiger partial charge in [-0.3, -0.25) is 9.89 Å². The van der Waals surface area contributed by atoms with Crippen molar-refractivity contribution in [1.82, 2.24) is 30.6 Å². The molecule has 2 aromatic carbocycles. The number of carbonyl (C=O) groups is 1. The maximum absolute atomic E-state index is 12.8. The van der Waals surface area contributed by atoms with E-state index in [1.165, 1.54) is 6.33 Å². The van der Waals surface area contributed by atoms with E-state index in [1.807, 2.05) is 38.1 Å². The minimum absolute atomic E-state index is 0.0176. The van der Waals surface area contributed by atoms with Gasteiger partial charge in [0.1, 0.15) is 24.7 Å². The van der Waals surface area contributed by atoms with E-state index in [2.05, 4.69) is 30.6 Å². The van der Waals surface area contributed by atoms with Gasteiger partial charge in [0.05, 0.1) is 0 Å². The Labute approximate surface area is 189 Å². The second-order valence-corrected chi connectivity index (χ2v) is 7.86. The molecule has 0 aliphatic heterocycles. The average Bonchev–Trinajstić information content (AvgIpc) is 3.49. The quantitative estimate of drug-likeness (QED) is 0.411. The SMILES string of the molecule is CC(C)[C@@H](NC(=O)c1ccc(OCc2ccc(Cl)cc2)cc1)c1nc(-c2ncn[nH]2)no1. The number of nitrogens with zero attached hydrogens (tertiary/aromatic N) is 4. The molecule has 0 bridgehead atoms. The third-order valence-electron chi connectivity index (χ3n) is 4.72. The minimum atomic E-state index is -0.465. The van der Waals surface area contributed by atoms with Gasteiger partial charge in [0.15, 0.2) is 5.82 Å². The summed E-state index contributed by atoms with van der Waals surface area (Å²) in [6.45, 7) is 4.32. The third kappa shape index (κ3) is 5.12. The summed E-state index contributed by atoms with van der Waals surface area (Å²) in [6.07, 6.45) is 1.36. The Morgan fingerprint density at radius 2 is 1.91 bits per heavy atom. The van der Waals surface area contributed by atoms with Crippen LogP contribution < -0.4 is 10.1 Å². The molecule has 1 atom stereocenters. The number of halogens is 1. The molecular formula is C22H21ClN6O3. The molecule has 4 aromatic rings.